The van der Waals surface area contributed by atoms with Crippen molar-refractivity contribution >= 4 is 0 Å². The summed E-state index contributed by atoms with van der Waals surface area (Å²) in [4.78, 5) is 2.58. The number of nitrogens with zero attached hydrogens (tertiary/aromatic N) is 2. The van der Waals surface area contributed by atoms with E-state index in [4.69, 9.17) is 4.52 Å². The van der Waals surface area contributed by atoms with Crippen LogP contribution in [0.3, 0.4) is 0 Å². The summed E-state index contributed by atoms with van der Waals surface area (Å²) >= 11 is 0. The van der Waals surface area contributed by atoms with E-state index in [1.165, 1.54) is 18.4 Å². The molecule has 2 rings (SSSR count). The van der Waals surface area contributed by atoms with Crippen LogP contribution in [0.5, 0.6) is 0 Å². The number of hydrogen-bond donors (Lipinski definition) is 1. The van der Waals surface area contributed by atoms with Gasteiger partial charge >= 0.3 is 0 Å². The Bertz CT molecular complexity index is 369. The third-order valence-corrected chi connectivity index (χ3v) is 4.12. The van der Waals surface area contributed by atoms with Crippen LogP contribution in [0.2, 0.25) is 0 Å². The molecule has 0 spiro atoms. The van der Waals surface area contributed by atoms with E-state index >= 15 is 0 Å². The lowest BCUT2D eigenvalue weighted by Gasteiger charge is -2.40. The van der Waals surface area contributed by atoms with E-state index in [-0.39, 0.29) is 0 Å². The maximum Gasteiger partial charge on any atom is 0.138 e. The van der Waals surface area contributed by atoms with Gasteiger partial charge in [0.2, 0.25) is 0 Å². The number of nitrogens with one attached hydrogen (secondary N) is 1. The quantitative estimate of drug-likeness (QED) is 0.891. The number of piperazine rings is 1. The van der Waals surface area contributed by atoms with E-state index in [9.17, 15) is 0 Å². The standard InChI is InChI=1S/C14H25N3O/c1-5-12-8-17(13(6-2)7-15-12)9-14-10(3)16-18-11(14)4/h12-13,15H,5-9H2,1-4H3. The van der Waals surface area contributed by atoms with Gasteiger partial charge in [-0.25, -0.2) is 0 Å². The lowest BCUT2D eigenvalue weighted by Crippen LogP contribution is -2.55. The molecule has 4 nitrogen and oxygen atoms in total. The van der Waals surface area contributed by atoms with Crippen molar-refractivity contribution in [2.24, 2.45) is 0 Å². The van der Waals surface area contributed by atoms with Crippen LogP contribution in [0.15, 0.2) is 4.52 Å². The van der Waals surface area contributed by atoms with Crippen molar-refractivity contribution < 1.29 is 4.52 Å². The fraction of sp³-hybridized carbons (Fsp3) is 0.786. The molecule has 2 heterocycles. The number of rotatable bonds is 4. The van der Waals surface area contributed by atoms with Crippen molar-refractivity contribution in [1.29, 1.82) is 0 Å². The van der Waals surface area contributed by atoms with Crippen molar-refractivity contribution in [3.05, 3.63) is 17.0 Å². The normalized spacial score (nSPS) is 25.6. The van der Waals surface area contributed by atoms with Crippen molar-refractivity contribution in [3.63, 3.8) is 0 Å². The van der Waals surface area contributed by atoms with Gasteiger partial charge in [0.15, 0.2) is 0 Å². The molecule has 0 bridgehead atoms. The summed E-state index contributed by atoms with van der Waals surface area (Å²) in [5, 5.41) is 7.68. The van der Waals surface area contributed by atoms with E-state index in [0.29, 0.717) is 12.1 Å². The number of aromatic nitrogens is 1. The van der Waals surface area contributed by atoms with E-state index in [2.05, 4.69) is 29.2 Å². The first-order valence-corrected chi connectivity index (χ1v) is 7.04. The molecule has 1 N–H and O–H groups in total. The van der Waals surface area contributed by atoms with E-state index in [1.54, 1.807) is 0 Å². The molecule has 1 aromatic heterocycles. The summed E-state index contributed by atoms with van der Waals surface area (Å²) in [6.07, 6.45) is 2.38. The Labute approximate surface area is 110 Å². The molecule has 1 aromatic rings. The molecule has 4 heteroatoms. The molecule has 1 fully saturated rings. The monoisotopic (exact) mass is 251 g/mol. The van der Waals surface area contributed by atoms with Gasteiger partial charge in [0.25, 0.3) is 0 Å². The average Bonchev–Trinajstić information content (AvgIpc) is 2.70. The van der Waals surface area contributed by atoms with Crippen molar-refractivity contribution in [2.75, 3.05) is 13.1 Å². The number of aryl methyl sites for hydroxylation is 2. The molecular weight excluding hydrogens is 226 g/mol. The molecule has 102 valence electrons. The third kappa shape index (κ3) is 2.75. The summed E-state index contributed by atoms with van der Waals surface area (Å²) in [5.74, 6) is 0.967. The highest BCUT2D eigenvalue weighted by atomic mass is 16.5. The zero-order valence-corrected chi connectivity index (χ0v) is 12.0. The molecule has 0 aromatic carbocycles. The Balaban J connectivity index is 2.09. The highest BCUT2D eigenvalue weighted by Gasteiger charge is 2.27. The first kappa shape index (κ1) is 13.6. The zero-order valence-electron chi connectivity index (χ0n) is 12.0. The van der Waals surface area contributed by atoms with Gasteiger partial charge < -0.3 is 9.84 Å². The molecular formula is C14H25N3O. The smallest absolute Gasteiger partial charge is 0.138 e. The van der Waals surface area contributed by atoms with Crippen molar-refractivity contribution in [2.45, 2.75) is 59.2 Å². The topological polar surface area (TPSA) is 41.3 Å². The van der Waals surface area contributed by atoms with Gasteiger partial charge in [0, 0.05) is 37.3 Å². The lowest BCUT2D eigenvalue weighted by molar-refractivity contribution is 0.117. The van der Waals surface area contributed by atoms with Crippen LogP contribution in [0.1, 0.15) is 43.7 Å². The highest BCUT2D eigenvalue weighted by Crippen LogP contribution is 2.20. The van der Waals surface area contributed by atoms with E-state index in [1.807, 2.05) is 13.8 Å². The molecule has 1 aliphatic rings. The first-order chi connectivity index (χ1) is 8.65. The molecule has 18 heavy (non-hydrogen) atoms. The van der Waals surface area contributed by atoms with Crippen LogP contribution in [0, 0.1) is 13.8 Å². The van der Waals surface area contributed by atoms with Crippen LogP contribution in [0.25, 0.3) is 0 Å². The summed E-state index contributed by atoms with van der Waals surface area (Å²) < 4.78 is 5.27. The molecule has 2 atom stereocenters. The molecule has 1 aliphatic heterocycles. The maximum atomic E-state index is 5.27. The minimum absolute atomic E-state index is 0.619. The molecule has 1 saturated heterocycles. The van der Waals surface area contributed by atoms with Gasteiger partial charge in [-0.05, 0) is 26.7 Å². The summed E-state index contributed by atoms with van der Waals surface area (Å²) in [6, 6.07) is 1.25. The number of hydrogen-bond acceptors (Lipinski definition) is 4. The predicted octanol–water partition coefficient (Wildman–Crippen LogP) is 2.25. The second-order valence-electron chi connectivity index (χ2n) is 5.31. The Morgan fingerprint density at radius 3 is 2.67 bits per heavy atom. The van der Waals surface area contributed by atoms with E-state index < -0.39 is 0 Å². The van der Waals surface area contributed by atoms with Crippen LogP contribution in [-0.4, -0.2) is 35.2 Å². The van der Waals surface area contributed by atoms with Gasteiger partial charge in [-0.15, -0.1) is 0 Å². The Hall–Kier alpha value is -0.870. The molecule has 0 aliphatic carbocycles. The first-order valence-electron chi connectivity index (χ1n) is 7.04. The Morgan fingerprint density at radius 1 is 1.33 bits per heavy atom. The largest absolute Gasteiger partial charge is 0.361 e. The second kappa shape index (κ2) is 5.85. The van der Waals surface area contributed by atoms with Crippen LogP contribution in [0.4, 0.5) is 0 Å². The Kier molecular flexibility index (Phi) is 4.40. The highest BCUT2D eigenvalue weighted by molar-refractivity contribution is 5.20. The maximum absolute atomic E-state index is 5.27. The molecule has 0 radical (unpaired) electrons. The molecule has 2 unspecified atom stereocenters. The van der Waals surface area contributed by atoms with Gasteiger partial charge in [0.1, 0.15) is 5.76 Å². The van der Waals surface area contributed by atoms with Gasteiger partial charge in [-0.3, -0.25) is 4.90 Å². The summed E-state index contributed by atoms with van der Waals surface area (Å²) in [7, 11) is 0. The summed E-state index contributed by atoms with van der Waals surface area (Å²) in [6.45, 7) is 11.7. The minimum atomic E-state index is 0.619. The second-order valence-corrected chi connectivity index (χ2v) is 5.31. The zero-order chi connectivity index (χ0) is 13.1. The lowest BCUT2D eigenvalue weighted by atomic mass is 10.0. The summed E-state index contributed by atoms with van der Waals surface area (Å²) in [5.41, 5.74) is 2.30. The van der Waals surface area contributed by atoms with Gasteiger partial charge in [-0.1, -0.05) is 19.0 Å². The fourth-order valence-corrected chi connectivity index (χ4v) is 2.73. The SMILES string of the molecule is CCC1CN(Cc2c(C)noc2C)C(CC)CN1. The van der Waals surface area contributed by atoms with Gasteiger partial charge in [0.05, 0.1) is 5.69 Å². The van der Waals surface area contributed by atoms with Crippen LogP contribution >= 0.6 is 0 Å². The minimum Gasteiger partial charge on any atom is -0.361 e. The fourth-order valence-electron chi connectivity index (χ4n) is 2.73. The Morgan fingerprint density at radius 2 is 2.11 bits per heavy atom. The molecule has 0 amide bonds. The van der Waals surface area contributed by atoms with Crippen LogP contribution < -0.4 is 5.32 Å². The van der Waals surface area contributed by atoms with E-state index in [0.717, 1.165) is 31.1 Å². The van der Waals surface area contributed by atoms with Gasteiger partial charge in [-0.2, -0.15) is 0 Å². The van der Waals surface area contributed by atoms with Crippen LogP contribution in [-0.2, 0) is 6.54 Å². The van der Waals surface area contributed by atoms with Crippen molar-refractivity contribution in [1.82, 2.24) is 15.4 Å². The predicted molar refractivity (Wildman–Crippen MR) is 72.5 cm³/mol. The van der Waals surface area contributed by atoms with Crippen molar-refractivity contribution in [3.8, 4) is 0 Å². The third-order valence-electron chi connectivity index (χ3n) is 4.12. The molecule has 0 saturated carbocycles. The average molecular weight is 251 g/mol.